The van der Waals surface area contributed by atoms with Gasteiger partial charge in [-0.1, -0.05) is 13.8 Å². The van der Waals surface area contributed by atoms with E-state index in [1.54, 1.807) is 0 Å². The predicted molar refractivity (Wildman–Crippen MR) is 93.5 cm³/mol. The van der Waals surface area contributed by atoms with E-state index in [0.717, 1.165) is 6.42 Å². The first-order valence-corrected chi connectivity index (χ1v) is 9.37. The molecule has 2 aliphatic heterocycles. The van der Waals surface area contributed by atoms with E-state index in [-0.39, 0.29) is 11.8 Å². The molecule has 0 radical (unpaired) electrons. The summed E-state index contributed by atoms with van der Waals surface area (Å²) in [7, 11) is 0. The lowest BCUT2D eigenvalue weighted by Crippen LogP contribution is -2.56. The molecule has 2 aliphatic rings. The van der Waals surface area contributed by atoms with Crippen molar-refractivity contribution in [1.29, 1.82) is 0 Å². The molecule has 0 bridgehead atoms. The maximum Gasteiger partial charge on any atom is 0.326 e. The molecule has 0 aromatic carbocycles. The highest BCUT2D eigenvalue weighted by Gasteiger charge is 2.45. The minimum atomic E-state index is -1.04. The summed E-state index contributed by atoms with van der Waals surface area (Å²) >= 11 is 0. The highest BCUT2D eigenvalue weighted by Crippen LogP contribution is 2.32. The Balaban J connectivity index is 1.69. The van der Waals surface area contributed by atoms with Gasteiger partial charge in [-0.2, -0.15) is 0 Å². The van der Waals surface area contributed by atoms with Gasteiger partial charge in [0.15, 0.2) is 0 Å². The first-order chi connectivity index (χ1) is 12.4. The number of carbonyl (C=O) groups is 3. The summed E-state index contributed by atoms with van der Waals surface area (Å²) in [5.74, 6) is -1.28. The molecule has 0 aromatic rings. The largest absolute Gasteiger partial charge is 0.480 e. The van der Waals surface area contributed by atoms with Gasteiger partial charge in [0.05, 0.1) is 37.3 Å². The molecule has 0 aliphatic carbocycles. The monoisotopic (exact) mass is 370 g/mol. The Morgan fingerprint density at radius 2 is 1.50 bits per heavy atom. The SMILES string of the molecule is CCC1(C(=O)NCCCCC(NC(=O)C2(CC)COC2)C(=O)O)COC1. The predicted octanol–water partition coefficient (Wildman–Crippen LogP) is 0.696. The number of hydrogen-bond acceptors (Lipinski definition) is 5. The van der Waals surface area contributed by atoms with Crippen LogP contribution in [0, 0.1) is 10.8 Å². The van der Waals surface area contributed by atoms with Gasteiger partial charge in [-0.15, -0.1) is 0 Å². The van der Waals surface area contributed by atoms with Gasteiger partial charge >= 0.3 is 5.97 Å². The second-order valence-corrected chi connectivity index (χ2v) is 7.37. The van der Waals surface area contributed by atoms with E-state index in [2.05, 4.69) is 10.6 Å². The lowest BCUT2D eigenvalue weighted by atomic mass is 9.82. The van der Waals surface area contributed by atoms with Crippen LogP contribution in [0.3, 0.4) is 0 Å². The van der Waals surface area contributed by atoms with E-state index < -0.39 is 22.8 Å². The second kappa shape index (κ2) is 8.81. The van der Waals surface area contributed by atoms with Crippen molar-refractivity contribution in [3.63, 3.8) is 0 Å². The fraction of sp³-hybridized carbons (Fsp3) is 0.833. The molecule has 26 heavy (non-hydrogen) atoms. The summed E-state index contributed by atoms with van der Waals surface area (Å²) in [4.78, 5) is 35.9. The molecule has 2 fully saturated rings. The molecule has 8 heteroatoms. The lowest BCUT2D eigenvalue weighted by Gasteiger charge is -2.39. The zero-order valence-corrected chi connectivity index (χ0v) is 15.6. The van der Waals surface area contributed by atoms with E-state index >= 15 is 0 Å². The van der Waals surface area contributed by atoms with E-state index in [1.807, 2.05) is 13.8 Å². The van der Waals surface area contributed by atoms with Gasteiger partial charge in [-0.25, -0.2) is 4.79 Å². The van der Waals surface area contributed by atoms with Crippen molar-refractivity contribution in [3.8, 4) is 0 Å². The number of aliphatic carboxylic acids is 1. The van der Waals surface area contributed by atoms with Crippen LogP contribution in [0.5, 0.6) is 0 Å². The summed E-state index contributed by atoms with van der Waals surface area (Å²) in [5.41, 5.74) is -0.974. The maximum atomic E-state index is 12.3. The van der Waals surface area contributed by atoms with Gasteiger partial charge < -0.3 is 25.2 Å². The van der Waals surface area contributed by atoms with Gasteiger partial charge in [0, 0.05) is 6.54 Å². The molecule has 2 rings (SSSR count). The molecule has 0 aromatic heterocycles. The molecule has 148 valence electrons. The highest BCUT2D eigenvalue weighted by molar-refractivity contribution is 5.88. The zero-order chi connectivity index (χ0) is 19.2. The Labute approximate surface area is 154 Å². The molecule has 2 heterocycles. The summed E-state index contributed by atoms with van der Waals surface area (Å²) in [5, 5.41) is 14.9. The van der Waals surface area contributed by atoms with Crippen LogP contribution in [-0.4, -0.2) is 61.9 Å². The maximum absolute atomic E-state index is 12.3. The van der Waals surface area contributed by atoms with E-state index in [4.69, 9.17) is 9.47 Å². The third kappa shape index (κ3) is 4.35. The molecule has 8 nitrogen and oxygen atoms in total. The smallest absolute Gasteiger partial charge is 0.326 e. The molecule has 1 atom stereocenters. The number of carboxylic acids is 1. The first-order valence-electron chi connectivity index (χ1n) is 9.37. The van der Waals surface area contributed by atoms with Gasteiger partial charge in [-0.3, -0.25) is 9.59 Å². The number of unbranched alkanes of at least 4 members (excludes halogenated alkanes) is 1. The first kappa shape index (κ1) is 20.6. The Morgan fingerprint density at radius 1 is 0.962 bits per heavy atom. The van der Waals surface area contributed by atoms with Crippen LogP contribution in [0.1, 0.15) is 46.0 Å². The summed E-state index contributed by atoms with van der Waals surface area (Å²) in [6.45, 7) is 5.98. The summed E-state index contributed by atoms with van der Waals surface area (Å²) < 4.78 is 10.3. The van der Waals surface area contributed by atoms with Crippen LogP contribution in [-0.2, 0) is 23.9 Å². The number of carboxylic acid groups (broad SMARTS) is 1. The van der Waals surface area contributed by atoms with Crippen molar-refractivity contribution in [3.05, 3.63) is 0 Å². The van der Waals surface area contributed by atoms with E-state index in [0.29, 0.717) is 58.7 Å². The second-order valence-electron chi connectivity index (χ2n) is 7.37. The number of ether oxygens (including phenoxy) is 2. The quantitative estimate of drug-likeness (QED) is 0.461. The number of carbonyl (C=O) groups excluding carboxylic acids is 2. The Hall–Kier alpha value is -1.67. The van der Waals surface area contributed by atoms with Crippen LogP contribution in [0.25, 0.3) is 0 Å². The molecule has 1 unspecified atom stereocenters. The number of nitrogens with one attached hydrogen (secondary N) is 2. The third-order valence-corrected chi connectivity index (χ3v) is 5.64. The molecular weight excluding hydrogens is 340 g/mol. The number of hydrogen-bond donors (Lipinski definition) is 3. The van der Waals surface area contributed by atoms with Crippen molar-refractivity contribution < 1.29 is 29.0 Å². The van der Waals surface area contributed by atoms with Crippen molar-refractivity contribution in [2.45, 2.75) is 52.0 Å². The van der Waals surface area contributed by atoms with Crippen molar-refractivity contribution in [2.24, 2.45) is 10.8 Å². The van der Waals surface area contributed by atoms with E-state index in [1.165, 1.54) is 0 Å². The molecule has 0 saturated carbocycles. The van der Waals surface area contributed by atoms with Gasteiger partial charge in [0.2, 0.25) is 11.8 Å². The average Bonchev–Trinajstić information content (AvgIpc) is 2.52. The Kier molecular flexibility index (Phi) is 7.00. The fourth-order valence-corrected chi connectivity index (χ4v) is 3.12. The minimum Gasteiger partial charge on any atom is -0.480 e. The van der Waals surface area contributed by atoms with Crippen LogP contribution in [0.15, 0.2) is 0 Å². The number of rotatable bonds is 11. The van der Waals surface area contributed by atoms with Crippen molar-refractivity contribution in [1.82, 2.24) is 10.6 Å². The summed E-state index contributed by atoms with van der Waals surface area (Å²) in [6.07, 6.45) is 2.96. The summed E-state index contributed by atoms with van der Waals surface area (Å²) in [6, 6.07) is -0.913. The molecule has 2 saturated heterocycles. The zero-order valence-electron chi connectivity index (χ0n) is 15.6. The standard InChI is InChI=1S/C18H30N2O6/c1-3-17(9-25-10-17)15(23)19-8-6-5-7-13(14(21)22)20-16(24)18(4-2)11-26-12-18/h13H,3-12H2,1-2H3,(H,19,23)(H,20,24)(H,21,22). The van der Waals surface area contributed by atoms with Crippen molar-refractivity contribution in [2.75, 3.05) is 33.0 Å². The topological polar surface area (TPSA) is 114 Å². The molecular formula is C18H30N2O6. The minimum absolute atomic E-state index is 0.00390. The van der Waals surface area contributed by atoms with Crippen LogP contribution in [0.4, 0.5) is 0 Å². The van der Waals surface area contributed by atoms with Gasteiger partial charge in [-0.05, 0) is 32.1 Å². The van der Waals surface area contributed by atoms with Crippen LogP contribution in [0.2, 0.25) is 0 Å². The normalized spacial score (nSPS) is 21.0. The molecule has 3 N–H and O–H groups in total. The molecule has 2 amide bonds. The Morgan fingerprint density at radius 3 is 1.92 bits per heavy atom. The van der Waals surface area contributed by atoms with E-state index in [9.17, 15) is 19.5 Å². The Bertz CT molecular complexity index is 517. The number of amides is 2. The third-order valence-electron chi connectivity index (χ3n) is 5.64. The van der Waals surface area contributed by atoms with Crippen molar-refractivity contribution >= 4 is 17.8 Å². The van der Waals surface area contributed by atoms with Gasteiger partial charge in [0.1, 0.15) is 6.04 Å². The molecule has 0 spiro atoms. The van der Waals surface area contributed by atoms with Crippen LogP contribution < -0.4 is 10.6 Å². The average molecular weight is 370 g/mol. The fourth-order valence-electron chi connectivity index (χ4n) is 3.12. The van der Waals surface area contributed by atoms with Crippen LogP contribution >= 0.6 is 0 Å². The highest BCUT2D eigenvalue weighted by atomic mass is 16.5. The lowest BCUT2D eigenvalue weighted by molar-refractivity contribution is -0.165. The van der Waals surface area contributed by atoms with Gasteiger partial charge in [0.25, 0.3) is 0 Å².